The molecule has 0 fully saturated rings. The van der Waals surface area contributed by atoms with Crippen LogP contribution in [0.3, 0.4) is 0 Å². The Morgan fingerprint density at radius 3 is 2.45 bits per heavy atom. The number of aromatic nitrogens is 1. The number of fused-ring (bicyclic) bond motifs is 1. The van der Waals surface area contributed by atoms with Gasteiger partial charge in [-0.3, -0.25) is 9.78 Å². The molecular weight excluding hydrogens is 522 g/mol. The maximum atomic E-state index is 13.8. The van der Waals surface area contributed by atoms with Gasteiger partial charge in [0.25, 0.3) is 0 Å². The number of amides is 1. The van der Waals surface area contributed by atoms with E-state index in [9.17, 15) is 4.79 Å². The van der Waals surface area contributed by atoms with Crippen molar-refractivity contribution in [3.63, 3.8) is 0 Å². The molecule has 0 spiro atoms. The summed E-state index contributed by atoms with van der Waals surface area (Å²) in [6.45, 7) is 6.22. The summed E-state index contributed by atoms with van der Waals surface area (Å²) in [4.78, 5) is 19.9. The summed E-state index contributed by atoms with van der Waals surface area (Å²) in [7, 11) is 1.63. The Morgan fingerprint density at radius 1 is 1.05 bits per heavy atom. The van der Waals surface area contributed by atoms with Crippen LogP contribution in [-0.2, 0) is 11.2 Å². The monoisotopic (exact) mass is 555 g/mol. The van der Waals surface area contributed by atoms with Crippen molar-refractivity contribution in [3.05, 3.63) is 112 Å². The number of halogens is 1. The summed E-state index contributed by atoms with van der Waals surface area (Å²) >= 11 is 6.25. The molecule has 5 rings (SSSR count). The quantitative estimate of drug-likeness (QED) is 0.228. The Labute approximate surface area is 240 Å². The zero-order valence-corrected chi connectivity index (χ0v) is 24.0. The summed E-state index contributed by atoms with van der Waals surface area (Å²) < 4.78 is 11.9. The third-order valence-corrected chi connectivity index (χ3v) is 7.64. The van der Waals surface area contributed by atoms with Crippen molar-refractivity contribution in [1.29, 1.82) is 0 Å². The summed E-state index contributed by atoms with van der Waals surface area (Å²) in [5, 5.41) is 4.16. The first-order valence-corrected chi connectivity index (χ1v) is 14.0. The standard InChI is InChI=1S/C33H34ClN3O3/c1-5-21(2)40-31-19-29-25(17-30(31)39-4)18-32(38)37(33(29)23-8-10-26(34)11-9-23)28-14-12-27(13-15-28)36-22(3)24-7-6-16-35-20-24/h6-17,19-22,33,36H,5,18H2,1-4H3/t21-,22?,33?/m1/s1. The molecule has 206 valence electrons. The SMILES string of the molecule is CC[C@@H](C)Oc1cc2c(cc1OC)CC(=O)N(c1ccc(NC(C)c3cccnc3)cc1)C2c1ccc(Cl)cc1. The molecule has 1 amide bonds. The molecule has 1 N–H and O–H groups in total. The van der Waals surface area contributed by atoms with Gasteiger partial charge in [-0.2, -0.15) is 0 Å². The van der Waals surface area contributed by atoms with Crippen LogP contribution >= 0.6 is 11.6 Å². The first-order valence-electron chi connectivity index (χ1n) is 13.6. The second-order valence-corrected chi connectivity index (χ2v) is 10.6. The first-order chi connectivity index (χ1) is 19.4. The average Bonchev–Trinajstić information content (AvgIpc) is 2.97. The van der Waals surface area contributed by atoms with Gasteiger partial charge in [0.05, 0.1) is 31.7 Å². The molecule has 4 aromatic rings. The number of nitrogens with one attached hydrogen (secondary N) is 1. The number of hydrogen-bond donors (Lipinski definition) is 1. The van der Waals surface area contributed by atoms with Crippen LogP contribution in [-0.4, -0.2) is 24.1 Å². The average molecular weight is 556 g/mol. The minimum Gasteiger partial charge on any atom is -0.493 e. The third-order valence-electron chi connectivity index (χ3n) is 7.39. The van der Waals surface area contributed by atoms with Crippen LogP contribution in [0.2, 0.25) is 5.02 Å². The Balaban J connectivity index is 1.53. The number of rotatable bonds is 9. The summed E-state index contributed by atoms with van der Waals surface area (Å²) in [6.07, 6.45) is 4.78. The van der Waals surface area contributed by atoms with Crippen LogP contribution in [0.4, 0.5) is 11.4 Å². The highest BCUT2D eigenvalue weighted by Gasteiger charge is 2.36. The molecule has 2 unspecified atom stereocenters. The molecule has 0 saturated heterocycles. The maximum Gasteiger partial charge on any atom is 0.232 e. The molecule has 1 aliphatic rings. The number of carbonyl (C=O) groups excluding carboxylic acids is 1. The van der Waals surface area contributed by atoms with Gasteiger partial charge in [0, 0.05) is 28.8 Å². The number of nitrogens with zero attached hydrogens (tertiary/aromatic N) is 2. The predicted molar refractivity (Wildman–Crippen MR) is 161 cm³/mol. The lowest BCUT2D eigenvalue weighted by atomic mass is 9.86. The molecular formula is C33H34ClN3O3. The van der Waals surface area contributed by atoms with Crippen molar-refractivity contribution in [2.24, 2.45) is 0 Å². The number of carbonyl (C=O) groups is 1. The number of benzene rings is 3. The van der Waals surface area contributed by atoms with E-state index in [2.05, 4.69) is 24.1 Å². The van der Waals surface area contributed by atoms with Gasteiger partial charge in [-0.05, 0) is 97.1 Å². The highest BCUT2D eigenvalue weighted by Crippen LogP contribution is 2.44. The van der Waals surface area contributed by atoms with E-state index in [0.717, 1.165) is 40.0 Å². The van der Waals surface area contributed by atoms with Crippen LogP contribution in [0.5, 0.6) is 11.5 Å². The van der Waals surface area contributed by atoms with Gasteiger partial charge in [0.2, 0.25) is 5.91 Å². The van der Waals surface area contributed by atoms with Gasteiger partial charge in [-0.25, -0.2) is 0 Å². The van der Waals surface area contributed by atoms with Crippen molar-refractivity contribution in [2.75, 3.05) is 17.3 Å². The van der Waals surface area contributed by atoms with E-state index >= 15 is 0 Å². The summed E-state index contributed by atoms with van der Waals surface area (Å²) in [5.74, 6) is 1.32. The Kier molecular flexibility index (Phi) is 8.27. The maximum absolute atomic E-state index is 13.8. The molecule has 1 aliphatic heterocycles. The summed E-state index contributed by atoms with van der Waals surface area (Å²) in [6, 6.07) is 23.4. The lowest BCUT2D eigenvalue weighted by Gasteiger charge is -2.38. The van der Waals surface area contributed by atoms with E-state index in [1.165, 1.54) is 0 Å². The molecule has 3 aromatic carbocycles. The second-order valence-electron chi connectivity index (χ2n) is 10.1. The molecule has 0 radical (unpaired) electrons. The Morgan fingerprint density at radius 2 is 1.80 bits per heavy atom. The van der Waals surface area contributed by atoms with Crippen molar-refractivity contribution >= 4 is 28.9 Å². The van der Waals surface area contributed by atoms with Crippen LogP contribution in [0.1, 0.15) is 61.5 Å². The largest absolute Gasteiger partial charge is 0.493 e. The van der Waals surface area contributed by atoms with E-state index in [0.29, 0.717) is 16.5 Å². The zero-order chi connectivity index (χ0) is 28.2. The van der Waals surface area contributed by atoms with Crippen molar-refractivity contribution in [3.8, 4) is 11.5 Å². The van der Waals surface area contributed by atoms with E-state index in [1.807, 2.05) is 90.8 Å². The molecule has 0 bridgehead atoms. The molecule has 0 saturated carbocycles. The van der Waals surface area contributed by atoms with Gasteiger partial charge in [-0.15, -0.1) is 0 Å². The van der Waals surface area contributed by atoms with Gasteiger partial charge in [0.15, 0.2) is 11.5 Å². The van der Waals surface area contributed by atoms with Crippen LogP contribution in [0.25, 0.3) is 0 Å². The lowest BCUT2D eigenvalue weighted by molar-refractivity contribution is -0.118. The normalized spacial score (nSPS) is 16.2. The number of hydrogen-bond acceptors (Lipinski definition) is 5. The minimum absolute atomic E-state index is 0.00883. The Hall–Kier alpha value is -4.03. The molecule has 2 heterocycles. The van der Waals surface area contributed by atoms with E-state index in [4.69, 9.17) is 21.1 Å². The molecule has 40 heavy (non-hydrogen) atoms. The van der Waals surface area contributed by atoms with E-state index < -0.39 is 0 Å². The number of pyridine rings is 1. The lowest BCUT2D eigenvalue weighted by Crippen LogP contribution is -2.41. The number of anilines is 2. The third kappa shape index (κ3) is 5.77. The van der Waals surface area contributed by atoms with Crippen molar-refractivity contribution in [2.45, 2.75) is 51.8 Å². The fraction of sp³-hybridized carbons (Fsp3) is 0.273. The van der Waals surface area contributed by atoms with Gasteiger partial charge < -0.3 is 19.7 Å². The smallest absolute Gasteiger partial charge is 0.232 e. The zero-order valence-electron chi connectivity index (χ0n) is 23.2. The highest BCUT2D eigenvalue weighted by atomic mass is 35.5. The predicted octanol–water partition coefficient (Wildman–Crippen LogP) is 7.77. The minimum atomic E-state index is -0.355. The number of methoxy groups -OCH3 is 1. The van der Waals surface area contributed by atoms with Gasteiger partial charge >= 0.3 is 0 Å². The van der Waals surface area contributed by atoms with E-state index in [-0.39, 0.29) is 30.5 Å². The van der Waals surface area contributed by atoms with Crippen molar-refractivity contribution < 1.29 is 14.3 Å². The van der Waals surface area contributed by atoms with Crippen molar-refractivity contribution in [1.82, 2.24) is 4.98 Å². The summed E-state index contributed by atoms with van der Waals surface area (Å²) in [5.41, 5.74) is 5.78. The van der Waals surface area contributed by atoms with Crippen LogP contribution in [0.15, 0.2) is 85.2 Å². The number of ether oxygens (including phenoxy) is 2. The van der Waals surface area contributed by atoms with Gasteiger partial charge in [0.1, 0.15) is 0 Å². The molecule has 6 nitrogen and oxygen atoms in total. The van der Waals surface area contributed by atoms with E-state index in [1.54, 1.807) is 13.3 Å². The second kappa shape index (κ2) is 12.0. The first kappa shape index (κ1) is 27.5. The van der Waals surface area contributed by atoms with Crippen LogP contribution < -0.4 is 19.7 Å². The fourth-order valence-electron chi connectivity index (χ4n) is 5.06. The highest BCUT2D eigenvalue weighted by molar-refractivity contribution is 6.30. The molecule has 7 heteroatoms. The topological polar surface area (TPSA) is 63.7 Å². The molecule has 0 aliphatic carbocycles. The molecule has 1 aromatic heterocycles. The van der Waals surface area contributed by atoms with Gasteiger partial charge in [-0.1, -0.05) is 36.7 Å². The van der Waals surface area contributed by atoms with Crippen LogP contribution in [0, 0.1) is 0 Å². The molecule has 3 atom stereocenters. The fourth-order valence-corrected chi connectivity index (χ4v) is 5.18. The Bertz CT molecular complexity index is 1460.